The molecule has 1 atom stereocenters. The molecule has 0 heterocycles. The predicted octanol–water partition coefficient (Wildman–Crippen LogP) is 12.7. The van der Waals surface area contributed by atoms with Crippen molar-refractivity contribution in [3.05, 3.63) is 0 Å². The lowest BCUT2D eigenvalue weighted by Crippen LogP contribution is -2.31. The van der Waals surface area contributed by atoms with Crippen molar-refractivity contribution in [2.24, 2.45) is 0 Å². The fourth-order valence-electron chi connectivity index (χ4n) is 5.78. The van der Waals surface area contributed by atoms with Gasteiger partial charge in [-0.25, -0.2) is 0 Å². The van der Waals surface area contributed by atoms with Gasteiger partial charge in [-0.15, -0.1) is 0 Å². The van der Waals surface area contributed by atoms with E-state index in [0.29, 0.717) is 0 Å². The number of hydrogen-bond acceptors (Lipinski definition) is 1. The zero-order valence-corrected chi connectivity index (χ0v) is 25.4. The van der Waals surface area contributed by atoms with Crippen LogP contribution in [0.3, 0.4) is 0 Å². The number of methoxy groups -OCH3 is 1. The second kappa shape index (κ2) is 28.5. The average molecular weight is 495 g/mol. The third-order valence-electron chi connectivity index (χ3n) is 8.39. The molecule has 0 aromatic heterocycles. The van der Waals surface area contributed by atoms with Crippen molar-refractivity contribution in [1.29, 1.82) is 0 Å². The van der Waals surface area contributed by atoms with Crippen LogP contribution in [-0.4, -0.2) is 12.7 Å². The second-order valence-electron chi connectivity index (χ2n) is 11.8. The number of ether oxygens (including phenoxy) is 1. The molecule has 35 heavy (non-hydrogen) atoms. The summed E-state index contributed by atoms with van der Waals surface area (Å²) in [4.78, 5) is 0. The minimum atomic E-state index is 0.172. The first-order chi connectivity index (χ1) is 17.2. The van der Waals surface area contributed by atoms with Crippen molar-refractivity contribution in [3.8, 4) is 0 Å². The van der Waals surface area contributed by atoms with Crippen molar-refractivity contribution in [3.63, 3.8) is 0 Å². The van der Waals surface area contributed by atoms with E-state index in [9.17, 15) is 0 Å². The lowest BCUT2D eigenvalue weighted by Gasteiger charge is -2.33. The Kier molecular flexibility index (Phi) is 28.5. The van der Waals surface area contributed by atoms with Crippen LogP contribution in [0, 0.1) is 0 Å². The van der Waals surface area contributed by atoms with Crippen LogP contribution in [0.5, 0.6) is 0 Å². The minimum Gasteiger partial charge on any atom is -0.378 e. The summed E-state index contributed by atoms with van der Waals surface area (Å²) in [7, 11) is 2.02. The van der Waals surface area contributed by atoms with E-state index in [4.69, 9.17) is 4.74 Å². The summed E-state index contributed by atoms with van der Waals surface area (Å²) < 4.78 is 6.33. The van der Waals surface area contributed by atoms with E-state index in [1.54, 1.807) is 0 Å². The molecule has 0 aliphatic rings. The molecule has 0 fully saturated rings. The van der Waals surface area contributed by atoms with Crippen molar-refractivity contribution >= 4 is 0 Å². The number of hydrogen-bond donors (Lipinski definition) is 0. The summed E-state index contributed by atoms with van der Waals surface area (Å²) in [6.45, 7) is 6.93. The summed E-state index contributed by atoms with van der Waals surface area (Å²) in [6.07, 6.45) is 40.8. The molecular formula is C34H70O. The summed E-state index contributed by atoms with van der Waals surface area (Å²) >= 11 is 0. The van der Waals surface area contributed by atoms with Crippen LogP contribution in [0.25, 0.3) is 0 Å². The monoisotopic (exact) mass is 495 g/mol. The Morgan fingerprint density at radius 2 is 0.514 bits per heavy atom. The van der Waals surface area contributed by atoms with Gasteiger partial charge in [-0.1, -0.05) is 188 Å². The molecule has 0 spiro atoms. The van der Waals surface area contributed by atoms with E-state index >= 15 is 0 Å². The molecule has 0 amide bonds. The standard InChI is InChI=1S/C34H70O/c1-5-8-11-14-17-19-20-21-24-27-30-33-34(35-4,31-28-25-22-16-13-10-7-3)32-29-26-23-18-15-12-9-6-2/h5-33H2,1-4H3. The zero-order valence-electron chi connectivity index (χ0n) is 25.4. The van der Waals surface area contributed by atoms with Crippen LogP contribution in [-0.2, 0) is 4.74 Å². The molecule has 0 rings (SSSR count). The highest BCUT2D eigenvalue weighted by Gasteiger charge is 2.28. The van der Waals surface area contributed by atoms with Crippen molar-refractivity contribution in [1.82, 2.24) is 0 Å². The summed E-state index contributed by atoms with van der Waals surface area (Å²) in [5.74, 6) is 0. The first kappa shape index (κ1) is 35.0. The molecule has 0 aliphatic carbocycles. The highest BCUT2D eigenvalue weighted by molar-refractivity contribution is 4.81. The van der Waals surface area contributed by atoms with Crippen LogP contribution < -0.4 is 0 Å². The molecule has 0 bridgehead atoms. The van der Waals surface area contributed by atoms with Gasteiger partial charge in [0.05, 0.1) is 5.60 Å². The highest BCUT2D eigenvalue weighted by Crippen LogP contribution is 2.32. The fraction of sp³-hybridized carbons (Fsp3) is 1.00. The van der Waals surface area contributed by atoms with E-state index in [-0.39, 0.29) is 5.60 Å². The fourth-order valence-corrected chi connectivity index (χ4v) is 5.78. The summed E-state index contributed by atoms with van der Waals surface area (Å²) in [5, 5.41) is 0. The Bertz CT molecular complexity index is 379. The smallest absolute Gasteiger partial charge is 0.0678 e. The highest BCUT2D eigenvalue weighted by atomic mass is 16.5. The van der Waals surface area contributed by atoms with Gasteiger partial charge in [0.1, 0.15) is 0 Å². The molecule has 0 saturated heterocycles. The lowest BCUT2D eigenvalue weighted by molar-refractivity contribution is -0.0366. The van der Waals surface area contributed by atoms with E-state index in [1.165, 1.54) is 186 Å². The molecule has 0 aromatic rings. The minimum absolute atomic E-state index is 0.172. The van der Waals surface area contributed by atoms with E-state index in [0.717, 1.165) is 0 Å². The molecule has 212 valence electrons. The van der Waals surface area contributed by atoms with Gasteiger partial charge in [-0.3, -0.25) is 0 Å². The molecule has 1 unspecified atom stereocenters. The van der Waals surface area contributed by atoms with Crippen molar-refractivity contribution in [2.45, 2.75) is 213 Å². The second-order valence-corrected chi connectivity index (χ2v) is 11.8. The summed E-state index contributed by atoms with van der Waals surface area (Å²) in [6, 6.07) is 0. The Morgan fingerprint density at radius 1 is 0.314 bits per heavy atom. The maximum Gasteiger partial charge on any atom is 0.0678 e. The van der Waals surface area contributed by atoms with Gasteiger partial charge in [-0.05, 0) is 19.3 Å². The maximum absolute atomic E-state index is 6.33. The molecular weight excluding hydrogens is 424 g/mol. The molecule has 0 aliphatic heterocycles. The van der Waals surface area contributed by atoms with E-state index in [1.807, 2.05) is 7.11 Å². The van der Waals surface area contributed by atoms with E-state index < -0.39 is 0 Å². The maximum atomic E-state index is 6.33. The van der Waals surface area contributed by atoms with Crippen molar-refractivity contribution < 1.29 is 4.74 Å². The predicted molar refractivity (Wildman–Crippen MR) is 161 cm³/mol. The van der Waals surface area contributed by atoms with Gasteiger partial charge in [0.15, 0.2) is 0 Å². The summed E-state index contributed by atoms with van der Waals surface area (Å²) in [5.41, 5.74) is 0.172. The van der Waals surface area contributed by atoms with Crippen LogP contribution in [0.15, 0.2) is 0 Å². The Balaban J connectivity index is 4.17. The van der Waals surface area contributed by atoms with Gasteiger partial charge in [-0.2, -0.15) is 0 Å². The van der Waals surface area contributed by atoms with Crippen LogP contribution in [0.1, 0.15) is 207 Å². The van der Waals surface area contributed by atoms with Crippen LogP contribution in [0.2, 0.25) is 0 Å². The molecule has 1 nitrogen and oxygen atoms in total. The first-order valence-corrected chi connectivity index (χ1v) is 16.8. The number of unbranched alkanes of at least 4 members (excludes halogenated alkanes) is 23. The molecule has 0 saturated carbocycles. The van der Waals surface area contributed by atoms with Crippen molar-refractivity contribution in [2.75, 3.05) is 7.11 Å². The van der Waals surface area contributed by atoms with E-state index in [2.05, 4.69) is 20.8 Å². The Hall–Kier alpha value is -0.0400. The third kappa shape index (κ3) is 24.1. The van der Waals surface area contributed by atoms with Gasteiger partial charge >= 0.3 is 0 Å². The molecule has 0 aromatic carbocycles. The topological polar surface area (TPSA) is 9.23 Å². The quantitative estimate of drug-likeness (QED) is 0.0902. The third-order valence-corrected chi connectivity index (χ3v) is 8.39. The average Bonchev–Trinajstić information content (AvgIpc) is 2.87. The Morgan fingerprint density at radius 3 is 0.714 bits per heavy atom. The molecule has 0 N–H and O–H groups in total. The van der Waals surface area contributed by atoms with Gasteiger partial charge < -0.3 is 4.74 Å². The van der Waals surface area contributed by atoms with Crippen LogP contribution in [0.4, 0.5) is 0 Å². The van der Waals surface area contributed by atoms with Crippen LogP contribution >= 0.6 is 0 Å². The largest absolute Gasteiger partial charge is 0.378 e. The van der Waals surface area contributed by atoms with Gasteiger partial charge in [0.25, 0.3) is 0 Å². The normalized spacial score (nSPS) is 13.4. The SMILES string of the molecule is CCCCCCCCCCCCCC(CCCCCCCCC)(CCCCCCCCCC)OC. The van der Waals surface area contributed by atoms with Gasteiger partial charge in [0.2, 0.25) is 0 Å². The first-order valence-electron chi connectivity index (χ1n) is 16.8. The number of rotatable bonds is 30. The lowest BCUT2D eigenvalue weighted by atomic mass is 9.84. The van der Waals surface area contributed by atoms with Gasteiger partial charge in [0, 0.05) is 7.11 Å². The molecule has 1 heteroatoms. The Labute approximate surface area is 224 Å². The molecule has 0 radical (unpaired) electrons. The zero-order chi connectivity index (χ0) is 25.7.